The number of rotatable bonds is 5. The van der Waals surface area contributed by atoms with Crippen LogP contribution < -0.4 is 5.73 Å². The summed E-state index contributed by atoms with van der Waals surface area (Å²) >= 11 is 1.67. The third-order valence-electron chi connectivity index (χ3n) is 2.95. The Balaban J connectivity index is 2.13. The fourth-order valence-corrected chi connectivity index (χ4v) is 3.07. The average Bonchev–Trinajstić information content (AvgIpc) is 2.40. The zero-order valence-corrected chi connectivity index (χ0v) is 11.8. The molecule has 0 bridgehead atoms. The molecule has 0 fully saturated rings. The highest BCUT2D eigenvalue weighted by molar-refractivity contribution is 7.98. The molecule has 2 aromatic carbocycles. The van der Waals surface area contributed by atoms with Crippen molar-refractivity contribution in [3.63, 3.8) is 0 Å². The highest BCUT2D eigenvalue weighted by Crippen LogP contribution is 2.28. The number of hydrogen-bond acceptors (Lipinski definition) is 2. The molecule has 2 N–H and O–H groups in total. The maximum atomic E-state index is 13.8. The van der Waals surface area contributed by atoms with Crippen LogP contribution in [0.15, 0.2) is 47.4 Å². The predicted molar refractivity (Wildman–Crippen MR) is 79.9 cm³/mol. The van der Waals surface area contributed by atoms with Gasteiger partial charge in [0.1, 0.15) is 5.82 Å². The first-order chi connectivity index (χ1) is 9.20. The first kappa shape index (κ1) is 14.1. The Bertz CT molecular complexity index is 554. The minimum absolute atomic E-state index is 0.153. The molecule has 0 aliphatic carbocycles. The summed E-state index contributed by atoms with van der Waals surface area (Å²) in [4.78, 5) is 0.993. The van der Waals surface area contributed by atoms with Crippen LogP contribution in [0.25, 0.3) is 0 Å². The first-order valence-corrected chi connectivity index (χ1v) is 7.35. The highest BCUT2D eigenvalue weighted by atomic mass is 32.2. The zero-order chi connectivity index (χ0) is 13.7. The minimum Gasteiger partial charge on any atom is -0.330 e. The molecular formula is C16H18FNS. The van der Waals surface area contributed by atoms with Crippen LogP contribution >= 0.6 is 11.8 Å². The van der Waals surface area contributed by atoms with Gasteiger partial charge in [-0.1, -0.05) is 35.9 Å². The summed E-state index contributed by atoms with van der Waals surface area (Å²) in [5, 5.41) is 0. The normalized spacial score (nSPS) is 10.7. The Kier molecular flexibility index (Phi) is 5.00. The Morgan fingerprint density at radius 1 is 1.16 bits per heavy atom. The molecule has 0 amide bonds. The van der Waals surface area contributed by atoms with E-state index in [1.165, 1.54) is 17.2 Å². The fraction of sp³-hybridized carbons (Fsp3) is 0.250. The van der Waals surface area contributed by atoms with Gasteiger partial charge in [0.25, 0.3) is 0 Å². The molecule has 0 aliphatic rings. The number of aryl methyl sites for hydroxylation is 1. The van der Waals surface area contributed by atoms with Crippen molar-refractivity contribution >= 4 is 11.8 Å². The van der Waals surface area contributed by atoms with E-state index in [-0.39, 0.29) is 5.82 Å². The third kappa shape index (κ3) is 3.82. The molecule has 0 unspecified atom stereocenters. The molecule has 2 rings (SSSR count). The van der Waals surface area contributed by atoms with Gasteiger partial charge in [0.2, 0.25) is 0 Å². The van der Waals surface area contributed by atoms with E-state index < -0.39 is 0 Å². The lowest BCUT2D eigenvalue weighted by Crippen LogP contribution is -2.05. The molecule has 0 saturated carbocycles. The molecule has 0 aromatic heterocycles. The van der Waals surface area contributed by atoms with Crippen molar-refractivity contribution in [3.8, 4) is 0 Å². The second kappa shape index (κ2) is 6.73. The number of hydrogen-bond donors (Lipinski definition) is 1. The smallest absolute Gasteiger partial charge is 0.127 e. The van der Waals surface area contributed by atoms with Gasteiger partial charge in [-0.25, -0.2) is 4.39 Å². The van der Waals surface area contributed by atoms with Crippen LogP contribution in [-0.2, 0) is 12.2 Å². The summed E-state index contributed by atoms with van der Waals surface area (Å²) in [6.45, 7) is 2.55. The van der Waals surface area contributed by atoms with Crippen molar-refractivity contribution < 1.29 is 4.39 Å². The van der Waals surface area contributed by atoms with E-state index in [9.17, 15) is 4.39 Å². The van der Waals surface area contributed by atoms with E-state index in [1.807, 2.05) is 6.07 Å². The van der Waals surface area contributed by atoms with Gasteiger partial charge in [0, 0.05) is 16.2 Å². The van der Waals surface area contributed by atoms with Gasteiger partial charge in [-0.05, 0) is 37.6 Å². The van der Waals surface area contributed by atoms with E-state index in [4.69, 9.17) is 5.73 Å². The van der Waals surface area contributed by atoms with Crippen molar-refractivity contribution in [3.05, 3.63) is 65.0 Å². The Morgan fingerprint density at radius 2 is 1.95 bits per heavy atom. The molecular weight excluding hydrogens is 257 g/mol. The van der Waals surface area contributed by atoms with Crippen LogP contribution in [0.4, 0.5) is 4.39 Å². The average molecular weight is 275 g/mol. The number of halogens is 1. The van der Waals surface area contributed by atoms with Gasteiger partial charge >= 0.3 is 0 Å². The van der Waals surface area contributed by atoms with Gasteiger partial charge in [0.15, 0.2) is 0 Å². The van der Waals surface area contributed by atoms with Crippen LogP contribution in [0.3, 0.4) is 0 Å². The summed E-state index contributed by atoms with van der Waals surface area (Å²) in [6, 6.07) is 13.6. The summed E-state index contributed by atoms with van der Waals surface area (Å²) in [5.74, 6) is 0.697. The monoisotopic (exact) mass is 275 g/mol. The van der Waals surface area contributed by atoms with E-state index in [2.05, 4.69) is 31.2 Å². The lowest BCUT2D eigenvalue weighted by molar-refractivity contribution is 0.603. The van der Waals surface area contributed by atoms with Gasteiger partial charge < -0.3 is 5.73 Å². The van der Waals surface area contributed by atoms with E-state index >= 15 is 0 Å². The van der Waals surface area contributed by atoms with E-state index in [0.29, 0.717) is 13.0 Å². The molecule has 19 heavy (non-hydrogen) atoms. The van der Waals surface area contributed by atoms with Crippen LogP contribution in [-0.4, -0.2) is 6.54 Å². The lowest BCUT2D eigenvalue weighted by atomic mass is 10.1. The first-order valence-electron chi connectivity index (χ1n) is 6.36. The van der Waals surface area contributed by atoms with Crippen LogP contribution in [0.1, 0.15) is 16.7 Å². The Labute approximate surface area is 118 Å². The maximum absolute atomic E-state index is 13.8. The van der Waals surface area contributed by atoms with Gasteiger partial charge in [-0.3, -0.25) is 0 Å². The predicted octanol–water partition coefficient (Wildman–Crippen LogP) is 3.93. The molecule has 0 heterocycles. The highest BCUT2D eigenvalue weighted by Gasteiger charge is 2.08. The summed E-state index contributed by atoms with van der Waals surface area (Å²) in [7, 11) is 0. The zero-order valence-electron chi connectivity index (χ0n) is 11.0. The number of benzene rings is 2. The molecule has 100 valence electrons. The van der Waals surface area contributed by atoms with Gasteiger partial charge in [0.05, 0.1) is 0 Å². The third-order valence-corrected chi connectivity index (χ3v) is 4.12. The molecule has 0 radical (unpaired) electrons. The molecule has 0 atom stereocenters. The molecule has 0 saturated heterocycles. The SMILES string of the molecule is Cc1cccc(CSc2cccc(F)c2CCN)c1. The van der Waals surface area contributed by atoms with Gasteiger partial charge in [-0.15, -0.1) is 11.8 Å². The minimum atomic E-state index is -0.153. The Morgan fingerprint density at radius 3 is 2.68 bits per heavy atom. The van der Waals surface area contributed by atoms with Crippen molar-refractivity contribution in [2.45, 2.75) is 24.0 Å². The lowest BCUT2D eigenvalue weighted by Gasteiger charge is -2.09. The van der Waals surface area contributed by atoms with Crippen molar-refractivity contribution in [1.82, 2.24) is 0 Å². The molecule has 2 aromatic rings. The maximum Gasteiger partial charge on any atom is 0.127 e. The van der Waals surface area contributed by atoms with Crippen molar-refractivity contribution in [2.24, 2.45) is 5.73 Å². The quantitative estimate of drug-likeness (QED) is 0.837. The topological polar surface area (TPSA) is 26.0 Å². The molecule has 0 aliphatic heterocycles. The summed E-state index contributed by atoms with van der Waals surface area (Å²) < 4.78 is 13.8. The van der Waals surface area contributed by atoms with Crippen molar-refractivity contribution in [1.29, 1.82) is 0 Å². The van der Waals surface area contributed by atoms with Crippen LogP contribution in [0.2, 0.25) is 0 Å². The van der Waals surface area contributed by atoms with E-state index in [1.54, 1.807) is 17.8 Å². The fourth-order valence-electron chi connectivity index (χ4n) is 2.02. The standard InChI is InChI=1S/C16H18FNS/c1-12-4-2-5-13(10-12)11-19-16-7-3-6-15(17)14(16)8-9-18/h2-7,10H,8-9,11,18H2,1H3. The molecule has 1 nitrogen and oxygen atoms in total. The second-order valence-electron chi connectivity index (χ2n) is 4.53. The van der Waals surface area contributed by atoms with Crippen LogP contribution in [0, 0.1) is 12.7 Å². The van der Waals surface area contributed by atoms with Crippen LogP contribution in [0.5, 0.6) is 0 Å². The summed E-state index contributed by atoms with van der Waals surface area (Å²) in [5.41, 5.74) is 8.80. The Hall–Kier alpha value is -1.32. The summed E-state index contributed by atoms with van der Waals surface area (Å²) in [6.07, 6.45) is 0.586. The molecule has 0 spiro atoms. The second-order valence-corrected chi connectivity index (χ2v) is 5.55. The largest absolute Gasteiger partial charge is 0.330 e. The van der Waals surface area contributed by atoms with Crippen molar-refractivity contribution in [2.75, 3.05) is 6.54 Å². The van der Waals surface area contributed by atoms with E-state index in [0.717, 1.165) is 16.2 Å². The number of nitrogens with two attached hydrogens (primary N) is 1. The molecule has 3 heteroatoms. The van der Waals surface area contributed by atoms with Gasteiger partial charge in [-0.2, -0.15) is 0 Å². The number of thioether (sulfide) groups is 1.